The second-order valence-electron chi connectivity index (χ2n) is 4.59. The summed E-state index contributed by atoms with van der Waals surface area (Å²) in [6.07, 6.45) is 3.00. The van der Waals surface area contributed by atoms with Crippen LogP contribution in [-0.4, -0.2) is 47.6 Å². The maximum Gasteiger partial charge on any atom is 0.122 e. The molecular formula is C13H20N4S. The van der Waals surface area contributed by atoms with Gasteiger partial charge in [0, 0.05) is 38.1 Å². The first-order chi connectivity index (χ1) is 8.70. The molecule has 5 heteroatoms. The third kappa shape index (κ3) is 3.17. The first-order valence-electron chi connectivity index (χ1n) is 6.44. The van der Waals surface area contributed by atoms with Gasteiger partial charge in [0.25, 0.3) is 0 Å². The van der Waals surface area contributed by atoms with Gasteiger partial charge in [0.2, 0.25) is 0 Å². The van der Waals surface area contributed by atoms with E-state index in [1.54, 1.807) is 6.20 Å². The van der Waals surface area contributed by atoms with Crippen molar-refractivity contribution >= 4 is 22.9 Å². The summed E-state index contributed by atoms with van der Waals surface area (Å²) in [6.45, 7) is 7.78. The van der Waals surface area contributed by atoms with Gasteiger partial charge in [-0.3, -0.25) is 9.88 Å². The van der Waals surface area contributed by atoms with Gasteiger partial charge in [0.05, 0.1) is 5.69 Å². The number of pyridine rings is 1. The van der Waals surface area contributed by atoms with E-state index in [9.17, 15) is 0 Å². The summed E-state index contributed by atoms with van der Waals surface area (Å²) in [5.41, 5.74) is 7.49. The highest BCUT2D eigenvalue weighted by molar-refractivity contribution is 7.80. The molecule has 0 radical (unpaired) electrons. The summed E-state index contributed by atoms with van der Waals surface area (Å²) in [4.78, 5) is 9.41. The molecule has 4 nitrogen and oxygen atoms in total. The molecule has 0 aromatic carbocycles. The van der Waals surface area contributed by atoms with E-state index >= 15 is 0 Å². The zero-order chi connectivity index (χ0) is 13.0. The smallest absolute Gasteiger partial charge is 0.122 e. The number of rotatable bonds is 4. The molecule has 2 N–H and O–H groups in total. The van der Waals surface area contributed by atoms with Gasteiger partial charge < -0.3 is 10.6 Å². The van der Waals surface area contributed by atoms with Crippen LogP contribution in [0, 0.1) is 0 Å². The summed E-state index contributed by atoms with van der Waals surface area (Å²) < 4.78 is 0. The Bertz CT molecular complexity index is 413. The topological polar surface area (TPSA) is 45.4 Å². The number of anilines is 1. The summed E-state index contributed by atoms with van der Waals surface area (Å²) in [5.74, 6) is 0. The summed E-state index contributed by atoms with van der Waals surface area (Å²) in [5, 5.41) is 0. The van der Waals surface area contributed by atoms with E-state index in [2.05, 4.69) is 21.7 Å². The average molecular weight is 264 g/mol. The fraction of sp³-hybridized carbons (Fsp3) is 0.538. The van der Waals surface area contributed by atoms with E-state index < -0.39 is 0 Å². The van der Waals surface area contributed by atoms with Crippen LogP contribution >= 0.6 is 12.2 Å². The molecule has 0 aliphatic carbocycles. The molecule has 0 spiro atoms. The summed E-state index contributed by atoms with van der Waals surface area (Å²) >= 11 is 4.96. The predicted octanol–water partition coefficient (Wildman–Crippen LogP) is 1.25. The molecule has 0 unspecified atom stereocenters. The molecule has 0 amide bonds. The van der Waals surface area contributed by atoms with Crippen LogP contribution in [0.3, 0.4) is 0 Å². The Labute approximate surface area is 114 Å². The van der Waals surface area contributed by atoms with Crippen LogP contribution in [0.25, 0.3) is 0 Å². The molecule has 0 bridgehead atoms. The second-order valence-corrected chi connectivity index (χ2v) is 5.03. The van der Waals surface area contributed by atoms with E-state index in [1.807, 2.05) is 12.1 Å². The minimum Gasteiger partial charge on any atom is -0.388 e. The highest BCUT2D eigenvalue weighted by atomic mass is 32.1. The number of piperazine rings is 1. The van der Waals surface area contributed by atoms with E-state index in [0.29, 0.717) is 10.7 Å². The standard InChI is InChI=1S/C13H20N4S/c1-2-5-16-6-8-17(9-7-16)11-3-4-15-12(10-11)13(14)18/h3-4,10H,2,5-9H2,1H3,(H2,14,18). The lowest BCUT2D eigenvalue weighted by Crippen LogP contribution is -2.46. The lowest BCUT2D eigenvalue weighted by atomic mass is 10.2. The largest absolute Gasteiger partial charge is 0.388 e. The Morgan fingerprint density at radius 2 is 2.11 bits per heavy atom. The number of thiocarbonyl (C=S) groups is 1. The minimum absolute atomic E-state index is 0.362. The quantitative estimate of drug-likeness (QED) is 0.829. The van der Waals surface area contributed by atoms with Crippen molar-refractivity contribution in [3.8, 4) is 0 Å². The zero-order valence-electron chi connectivity index (χ0n) is 10.8. The van der Waals surface area contributed by atoms with Crippen molar-refractivity contribution < 1.29 is 0 Å². The molecule has 18 heavy (non-hydrogen) atoms. The zero-order valence-corrected chi connectivity index (χ0v) is 11.6. The average Bonchev–Trinajstić information content (AvgIpc) is 2.40. The van der Waals surface area contributed by atoms with E-state index in [-0.39, 0.29) is 0 Å². The van der Waals surface area contributed by atoms with Crippen LogP contribution in [0.4, 0.5) is 5.69 Å². The Morgan fingerprint density at radius 1 is 1.39 bits per heavy atom. The van der Waals surface area contributed by atoms with E-state index in [4.69, 9.17) is 18.0 Å². The molecule has 1 aromatic rings. The van der Waals surface area contributed by atoms with Crippen LogP contribution in [0.5, 0.6) is 0 Å². The minimum atomic E-state index is 0.362. The number of hydrogen-bond donors (Lipinski definition) is 1. The fourth-order valence-corrected chi connectivity index (χ4v) is 2.41. The number of nitrogens with two attached hydrogens (primary N) is 1. The van der Waals surface area contributed by atoms with Gasteiger partial charge in [-0.1, -0.05) is 19.1 Å². The molecule has 1 aliphatic rings. The van der Waals surface area contributed by atoms with Gasteiger partial charge in [-0.25, -0.2) is 0 Å². The Balaban J connectivity index is 2.01. The number of hydrogen-bond acceptors (Lipinski definition) is 4. The molecule has 1 saturated heterocycles. The van der Waals surface area contributed by atoms with Crippen LogP contribution in [0.1, 0.15) is 19.0 Å². The van der Waals surface area contributed by atoms with Gasteiger partial charge >= 0.3 is 0 Å². The monoisotopic (exact) mass is 264 g/mol. The molecule has 0 saturated carbocycles. The fourth-order valence-electron chi connectivity index (χ4n) is 2.30. The predicted molar refractivity (Wildman–Crippen MR) is 79.1 cm³/mol. The van der Waals surface area contributed by atoms with Crippen LogP contribution in [0.2, 0.25) is 0 Å². The first-order valence-corrected chi connectivity index (χ1v) is 6.84. The lowest BCUT2D eigenvalue weighted by Gasteiger charge is -2.36. The third-order valence-corrected chi connectivity index (χ3v) is 3.48. The van der Waals surface area contributed by atoms with Crippen molar-refractivity contribution in [2.24, 2.45) is 5.73 Å². The van der Waals surface area contributed by atoms with Crippen molar-refractivity contribution in [1.29, 1.82) is 0 Å². The summed E-state index contributed by atoms with van der Waals surface area (Å²) in [7, 11) is 0. The van der Waals surface area contributed by atoms with Gasteiger partial charge in [-0.2, -0.15) is 0 Å². The molecule has 2 rings (SSSR count). The molecule has 1 aliphatic heterocycles. The van der Waals surface area contributed by atoms with Gasteiger partial charge in [-0.05, 0) is 25.1 Å². The summed E-state index contributed by atoms with van der Waals surface area (Å²) in [6, 6.07) is 4.01. The van der Waals surface area contributed by atoms with Crippen molar-refractivity contribution in [1.82, 2.24) is 9.88 Å². The maximum absolute atomic E-state index is 5.62. The van der Waals surface area contributed by atoms with Crippen LogP contribution in [0.15, 0.2) is 18.3 Å². The van der Waals surface area contributed by atoms with Crippen molar-refractivity contribution in [3.63, 3.8) is 0 Å². The van der Waals surface area contributed by atoms with Crippen molar-refractivity contribution in [3.05, 3.63) is 24.0 Å². The molecule has 0 atom stereocenters. The van der Waals surface area contributed by atoms with Crippen LogP contribution in [-0.2, 0) is 0 Å². The number of nitrogens with zero attached hydrogens (tertiary/aromatic N) is 3. The van der Waals surface area contributed by atoms with Gasteiger partial charge in [0.15, 0.2) is 0 Å². The first kappa shape index (κ1) is 13.2. The highest BCUT2D eigenvalue weighted by Crippen LogP contribution is 2.16. The lowest BCUT2D eigenvalue weighted by molar-refractivity contribution is 0.258. The number of aromatic nitrogens is 1. The van der Waals surface area contributed by atoms with E-state index in [1.165, 1.54) is 18.7 Å². The third-order valence-electron chi connectivity index (χ3n) is 3.27. The maximum atomic E-state index is 5.62. The van der Waals surface area contributed by atoms with Crippen molar-refractivity contribution in [2.45, 2.75) is 13.3 Å². The molecule has 2 heterocycles. The normalized spacial score (nSPS) is 16.8. The Morgan fingerprint density at radius 3 is 2.72 bits per heavy atom. The highest BCUT2D eigenvalue weighted by Gasteiger charge is 2.16. The second kappa shape index (κ2) is 6.11. The van der Waals surface area contributed by atoms with Crippen LogP contribution < -0.4 is 10.6 Å². The Kier molecular flexibility index (Phi) is 4.49. The van der Waals surface area contributed by atoms with Crippen molar-refractivity contribution in [2.75, 3.05) is 37.6 Å². The van der Waals surface area contributed by atoms with E-state index in [0.717, 1.165) is 26.2 Å². The molecule has 98 valence electrons. The molecule has 1 fully saturated rings. The molecule has 1 aromatic heterocycles. The molecular weight excluding hydrogens is 244 g/mol. The van der Waals surface area contributed by atoms with Gasteiger partial charge in [0.1, 0.15) is 4.99 Å². The van der Waals surface area contributed by atoms with Gasteiger partial charge in [-0.15, -0.1) is 0 Å². The Hall–Kier alpha value is -1.20. The SMILES string of the molecule is CCCN1CCN(c2ccnc(C(N)=S)c2)CC1.